The molecule has 0 aromatic heterocycles. The molecule has 1 unspecified atom stereocenters. The number of nitrogens with one attached hydrogen (secondary N) is 1. The van der Waals surface area contributed by atoms with E-state index in [4.69, 9.17) is 23.2 Å². The maximum absolute atomic E-state index is 14.6. The summed E-state index contributed by atoms with van der Waals surface area (Å²) in [5.74, 6) is 1.63. The van der Waals surface area contributed by atoms with Gasteiger partial charge in [0.2, 0.25) is 21.8 Å². The van der Waals surface area contributed by atoms with Gasteiger partial charge in [0, 0.05) is 29.1 Å². The zero-order valence-corrected chi connectivity index (χ0v) is 31.0. The van der Waals surface area contributed by atoms with Crippen LogP contribution in [0.3, 0.4) is 0 Å². The molecule has 0 aliphatic heterocycles. The second-order valence-electron chi connectivity index (χ2n) is 15.5. The smallest absolute Gasteiger partial charge is 0.244 e. The number of hydrogen-bond acceptors (Lipinski definition) is 4. The minimum atomic E-state index is -3.87. The molecule has 3 aromatic rings. The van der Waals surface area contributed by atoms with Gasteiger partial charge in [-0.3, -0.25) is 13.9 Å². The summed E-state index contributed by atoms with van der Waals surface area (Å²) in [7, 11) is -3.87. The molecule has 0 saturated heterocycles. The average molecular weight is 737 g/mol. The quantitative estimate of drug-likeness (QED) is 0.205. The Morgan fingerprint density at radius 2 is 1.50 bits per heavy atom. The Morgan fingerprint density at radius 3 is 2.08 bits per heavy atom. The van der Waals surface area contributed by atoms with Crippen LogP contribution >= 0.6 is 23.2 Å². The standard InChI is InChI=1S/C40H47Cl2N3O4S/c1-50(48,49)45(35-15-12-32(13-16-35)40-22-28-17-29(23-40)19-30(18-28)24-40)26-38(46)44(25-31-11-14-33(41)21-36(31)42)37(20-27-7-3-2-4-8-27)39(47)43-34-9-5-6-10-34/h2-4,7-8,11-16,21,28-30,34,37H,5-6,9-10,17-20,22-26H2,1H3,(H,43,47). The lowest BCUT2D eigenvalue weighted by Crippen LogP contribution is -2.54. The van der Waals surface area contributed by atoms with Crippen LogP contribution in [0.2, 0.25) is 10.0 Å². The Labute approximate surface area is 306 Å². The largest absolute Gasteiger partial charge is 0.352 e. The van der Waals surface area contributed by atoms with E-state index in [1.807, 2.05) is 42.5 Å². The first-order valence-electron chi connectivity index (χ1n) is 18.1. The Bertz CT molecular complexity index is 1780. The molecule has 8 rings (SSSR count). The van der Waals surface area contributed by atoms with Gasteiger partial charge in [-0.2, -0.15) is 0 Å². The van der Waals surface area contributed by atoms with E-state index in [1.54, 1.807) is 18.2 Å². The van der Waals surface area contributed by atoms with Crippen LogP contribution in [0.5, 0.6) is 0 Å². The number of halogens is 2. The normalized spacial score (nSPS) is 25.0. The minimum absolute atomic E-state index is 0.00693. The molecular weight excluding hydrogens is 689 g/mol. The number of sulfonamides is 1. The monoisotopic (exact) mass is 735 g/mol. The fourth-order valence-corrected chi connectivity index (χ4v) is 11.1. The van der Waals surface area contributed by atoms with E-state index < -0.39 is 28.5 Å². The van der Waals surface area contributed by atoms with Crippen LogP contribution in [-0.4, -0.2) is 50.0 Å². The Balaban J connectivity index is 1.20. The second-order valence-corrected chi connectivity index (χ2v) is 18.2. The number of rotatable bonds is 12. The van der Waals surface area contributed by atoms with Gasteiger partial charge in [0.25, 0.3) is 0 Å². The molecular formula is C40H47Cl2N3O4S. The molecule has 0 radical (unpaired) electrons. The first kappa shape index (κ1) is 35.3. The van der Waals surface area contributed by atoms with Gasteiger partial charge in [-0.05, 0) is 115 Å². The number of hydrogen-bond donors (Lipinski definition) is 1. The molecule has 2 amide bonds. The molecule has 5 aliphatic rings. The van der Waals surface area contributed by atoms with E-state index in [-0.39, 0.29) is 30.3 Å². The number of nitrogens with zero attached hydrogens (tertiary/aromatic N) is 2. The van der Waals surface area contributed by atoms with E-state index in [1.165, 1.54) is 53.3 Å². The highest BCUT2D eigenvalue weighted by atomic mass is 35.5. The lowest BCUT2D eigenvalue weighted by molar-refractivity contribution is -0.140. The zero-order valence-electron chi connectivity index (χ0n) is 28.7. The van der Waals surface area contributed by atoms with Gasteiger partial charge in [-0.15, -0.1) is 0 Å². The highest BCUT2D eigenvalue weighted by Crippen LogP contribution is 2.60. The molecule has 0 heterocycles. The maximum Gasteiger partial charge on any atom is 0.244 e. The summed E-state index contributed by atoms with van der Waals surface area (Å²) in [4.78, 5) is 30.2. The van der Waals surface area contributed by atoms with Crippen LogP contribution in [0, 0.1) is 17.8 Å². The second kappa shape index (κ2) is 14.5. The highest BCUT2D eigenvalue weighted by Gasteiger charge is 2.51. The molecule has 7 nitrogen and oxygen atoms in total. The third-order valence-electron chi connectivity index (χ3n) is 11.8. The van der Waals surface area contributed by atoms with E-state index in [9.17, 15) is 18.0 Å². The van der Waals surface area contributed by atoms with Crippen molar-refractivity contribution in [2.75, 3.05) is 17.1 Å². The predicted octanol–water partition coefficient (Wildman–Crippen LogP) is 7.93. The number of amides is 2. The molecule has 3 aromatic carbocycles. The third-order valence-corrected chi connectivity index (χ3v) is 13.5. The number of anilines is 1. The van der Waals surface area contributed by atoms with Gasteiger partial charge >= 0.3 is 0 Å². The summed E-state index contributed by atoms with van der Waals surface area (Å²) in [6.07, 6.45) is 12.9. The van der Waals surface area contributed by atoms with Gasteiger partial charge in [-0.1, -0.05) is 84.6 Å². The third kappa shape index (κ3) is 7.73. The summed E-state index contributed by atoms with van der Waals surface area (Å²) in [6.45, 7) is -0.449. The summed E-state index contributed by atoms with van der Waals surface area (Å²) in [6, 6.07) is 21.7. The number of benzene rings is 3. The van der Waals surface area contributed by atoms with Gasteiger partial charge in [-0.25, -0.2) is 8.42 Å². The van der Waals surface area contributed by atoms with Gasteiger partial charge in [0.1, 0.15) is 12.6 Å². The maximum atomic E-state index is 14.6. The highest BCUT2D eigenvalue weighted by molar-refractivity contribution is 7.92. The van der Waals surface area contributed by atoms with Crippen molar-refractivity contribution in [3.05, 3.63) is 99.5 Å². The van der Waals surface area contributed by atoms with E-state index in [0.717, 1.165) is 55.3 Å². The van der Waals surface area contributed by atoms with Crippen molar-refractivity contribution in [2.24, 2.45) is 17.8 Å². The van der Waals surface area contributed by atoms with Gasteiger partial charge in [0.15, 0.2) is 0 Å². The molecule has 5 aliphatic carbocycles. The zero-order chi connectivity index (χ0) is 35.0. The van der Waals surface area contributed by atoms with E-state index in [0.29, 0.717) is 21.3 Å². The molecule has 1 N–H and O–H groups in total. The van der Waals surface area contributed by atoms with Crippen LogP contribution in [0.1, 0.15) is 80.9 Å². The number of carbonyl (C=O) groups excluding carboxylic acids is 2. The van der Waals surface area contributed by atoms with Crippen molar-refractivity contribution in [2.45, 2.75) is 94.7 Å². The molecule has 5 saturated carbocycles. The van der Waals surface area contributed by atoms with Crippen molar-refractivity contribution in [1.82, 2.24) is 10.2 Å². The molecule has 4 bridgehead atoms. The lowest BCUT2D eigenvalue weighted by atomic mass is 9.48. The first-order valence-corrected chi connectivity index (χ1v) is 20.7. The van der Waals surface area contributed by atoms with Crippen molar-refractivity contribution < 1.29 is 18.0 Å². The van der Waals surface area contributed by atoms with Crippen LogP contribution in [0.15, 0.2) is 72.8 Å². The fraction of sp³-hybridized carbons (Fsp3) is 0.500. The molecule has 266 valence electrons. The first-order chi connectivity index (χ1) is 24.0. The van der Waals surface area contributed by atoms with Crippen molar-refractivity contribution >= 4 is 50.7 Å². The summed E-state index contributed by atoms with van der Waals surface area (Å²) >= 11 is 12.8. The lowest BCUT2D eigenvalue weighted by Gasteiger charge is -2.57. The molecule has 10 heteroatoms. The van der Waals surface area contributed by atoms with Crippen LogP contribution in [0.4, 0.5) is 5.69 Å². The van der Waals surface area contributed by atoms with E-state index >= 15 is 0 Å². The Hall–Kier alpha value is -3.07. The van der Waals surface area contributed by atoms with Gasteiger partial charge in [0.05, 0.1) is 11.9 Å². The summed E-state index contributed by atoms with van der Waals surface area (Å²) < 4.78 is 28.0. The molecule has 5 fully saturated rings. The van der Waals surface area contributed by atoms with Crippen molar-refractivity contribution in [1.29, 1.82) is 0 Å². The van der Waals surface area contributed by atoms with Crippen molar-refractivity contribution in [3.63, 3.8) is 0 Å². The Kier molecular flexibility index (Phi) is 10.3. The van der Waals surface area contributed by atoms with Crippen LogP contribution in [0.25, 0.3) is 0 Å². The molecule has 1 atom stereocenters. The van der Waals surface area contributed by atoms with Crippen LogP contribution < -0.4 is 9.62 Å². The minimum Gasteiger partial charge on any atom is -0.352 e. The summed E-state index contributed by atoms with van der Waals surface area (Å²) in [5.41, 5.74) is 3.39. The van der Waals surface area contributed by atoms with Crippen LogP contribution in [-0.2, 0) is 38.0 Å². The van der Waals surface area contributed by atoms with E-state index in [2.05, 4.69) is 17.4 Å². The summed E-state index contributed by atoms with van der Waals surface area (Å²) in [5, 5.41) is 4.02. The van der Waals surface area contributed by atoms with Gasteiger partial charge < -0.3 is 10.2 Å². The topological polar surface area (TPSA) is 86.8 Å². The van der Waals surface area contributed by atoms with Crippen molar-refractivity contribution in [3.8, 4) is 0 Å². The average Bonchev–Trinajstić information content (AvgIpc) is 3.58. The Morgan fingerprint density at radius 1 is 0.880 bits per heavy atom. The predicted molar refractivity (Wildman–Crippen MR) is 200 cm³/mol. The SMILES string of the molecule is CS(=O)(=O)N(CC(=O)N(Cc1ccc(Cl)cc1Cl)C(Cc1ccccc1)C(=O)NC1CCCC1)c1ccc(C23CC4CC(CC(C4)C2)C3)cc1. The molecule has 0 spiro atoms. The molecule has 50 heavy (non-hydrogen) atoms. The fourth-order valence-electron chi connectivity index (χ4n) is 9.81. The number of carbonyl (C=O) groups is 2.